The number of carbonyl (C=O) groups is 5. The molecule has 0 aliphatic carbocycles. The summed E-state index contributed by atoms with van der Waals surface area (Å²) in [5, 5.41) is 26.0. The minimum Gasteiger partial charge on any atom is -0.508 e. The van der Waals surface area contributed by atoms with Crippen molar-refractivity contribution in [3.63, 3.8) is 0 Å². The number of hydrogen-bond acceptors (Lipinski definition) is 8. The van der Waals surface area contributed by atoms with Crippen molar-refractivity contribution in [3.05, 3.63) is 65.7 Å². The van der Waals surface area contributed by atoms with Gasteiger partial charge in [-0.05, 0) is 29.7 Å². The van der Waals surface area contributed by atoms with E-state index >= 15 is 0 Å². The zero-order valence-corrected chi connectivity index (χ0v) is 21.3. The van der Waals surface area contributed by atoms with Gasteiger partial charge in [-0.2, -0.15) is 12.6 Å². The van der Waals surface area contributed by atoms with Crippen LogP contribution in [-0.2, 0) is 36.8 Å². The Morgan fingerprint density at radius 2 is 1.29 bits per heavy atom. The van der Waals surface area contributed by atoms with Gasteiger partial charge in [0.25, 0.3) is 0 Å². The number of aliphatic carboxylic acids is 1. The third-order valence-corrected chi connectivity index (χ3v) is 5.84. The van der Waals surface area contributed by atoms with Crippen molar-refractivity contribution in [2.24, 2.45) is 11.5 Å². The Morgan fingerprint density at radius 3 is 1.84 bits per heavy atom. The molecule has 0 saturated carbocycles. The van der Waals surface area contributed by atoms with Crippen molar-refractivity contribution in [2.45, 2.75) is 43.4 Å². The molecule has 2 aromatic carbocycles. The monoisotopic (exact) mass is 545 g/mol. The number of benzene rings is 2. The van der Waals surface area contributed by atoms with Crippen LogP contribution in [0, 0.1) is 0 Å². The van der Waals surface area contributed by atoms with Crippen molar-refractivity contribution in [3.8, 4) is 5.75 Å². The van der Waals surface area contributed by atoms with E-state index in [9.17, 15) is 34.2 Å². The Labute approximate surface area is 224 Å². The maximum Gasteiger partial charge on any atom is 0.326 e. The summed E-state index contributed by atoms with van der Waals surface area (Å²) in [6, 6.07) is 9.64. The van der Waals surface area contributed by atoms with Crippen LogP contribution in [0.3, 0.4) is 0 Å². The van der Waals surface area contributed by atoms with Crippen LogP contribution in [-0.4, -0.2) is 69.7 Å². The number of carboxylic acids is 1. The van der Waals surface area contributed by atoms with Gasteiger partial charge in [0, 0.05) is 12.2 Å². The number of nitrogens with one attached hydrogen (secondary N) is 3. The number of nitrogens with two attached hydrogens (primary N) is 2. The summed E-state index contributed by atoms with van der Waals surface area (Å²) in [5.74, 6) is -4.88. The lowest BCUT2D eigenvalue weighted by Gasteiger charge is -2.24. The van der Waals surface area contributed by atoms with Crippen molar-refractivity contribution < 1.29 is 34.2 Å². The number of amides is 4. The second-order valence-corrected chi connectivity index (χ2v) is 8.91. The Balaban J connectivity index is 2.05. The number of thiol groups is 1. The van der Waals surface area contributed by atoms with Crippen molar-refractivity contribution in [2.75, 3.05) is 5.75 Å². The first-order valence-corrected chi connectivity index (χ1v) is 12.2. The lowest BCUT2D eigenvalue weighted by atomic mass is 10.0. The number of primary amides is 1. The number of phenolic OH excluding ortho intramolecular Hbond substituents is 1. The molecular formula is C25H31N5O7S. The first kappa shape index (κ1) is 30.1. The Kier molecular flexibility index (Phi) is 11.6. The molecule has 2 aromatic rings. The highest BCUT2D eigenvalue weighted by Crippen LogP contribution is 2.12. The molecular weight excluding hydrogens is 514 g/mol. The second-order valence-electron chi connectivity index (χ2n) is 8.54. The second kappa shape index (κ2) is 14.6. The van der Waals surface area contributed by atoms with Crippen molar-refractivity contribution in [1.82, 2.24) is 16.0 Å². The molecule has 12 nitrogen and oxygen atoms in total. The van der Waals surface area contributed by atoms with E-state index in [1.54, 1.807) is 24.3 Å². The minimum absolute atomic E-state index is 0.0132. The summed E-state index contributed by atoms with van der Waals surface area (Å²) in [7, 11) is 0. The maximum atomic E-state index is 12.9. The SMILES string of the molecule is NC(=O)CC(NC(=O)C(CS)NC(=O)C(N)Cc1ccccc1)C(=O)NC(Cc1ccc(O)cc1)C(=O)O. The molecule has 0 radical (unpaired) electrons. The van der Waals surface area contributed by atoms with Gasteiger partial charge in [-0.1, -0.05) is 42.5 Å². The van der Waals surface area contributed by atoms with Crippen LogP contribution in [0.15, 0.2) is 54.6 Å². The molecule has 0 saturated heterocycles. The molecule has 38 heavy (non-hydrogen) atoms. The summed E-state index contributed by atoms with van der Waals surface area (Å²) in [6.45, 7) is 0. The first-order valence-electron chi connectivity index (χ1n) is 11.6. The van der Waals surface area contributed by atoms with Crippen molar-refractivity contribution in [1.29, 1.82) is 0 Å². The lowest BCUT2D eigenvalue weighted by Crippen LogP contribution is -2.58. The fourth-order valence-corrected chi connectivity index (χ4v) is 3.71. The highest BCUT2D eigenvalue weighted by atomic mass is 32.1. The van der Waals surface area contributed by atoms with Gasteiger partial charge in [0.1, 0.15) is 23.9 Å². The fourth-order valence-electron chi connectivity index (χ4n) is 3.46. The van der Waals surface area contributed by atoms with Crippen LogP contribution in [0.25, 0.3) is 0 Å². The van der Waals surface area contributed by atoms with Crippen LogP contribution in [0.2, 0.25) is 0 Å². The van der Waals surface area contributed by atoms with Gasteiger partial charge in [0.2, 0.25) is 23.6 Å². The van der Waals surface area contributed by atoms with E-state index in [0.717, 1.165) is 5.56 Å². The smallest absolute Gasteiger partial charge is 0.326 e. The maximum absolute atomic E-state index is 12.9. The first-order chi connectivity index (χ1) is 18.0. The highest BCUT2D eigenvalue weighted by Gasteiger charge is 2.31. The largest absolute Gasteiger partial charge is 0.508 e. The summed E-state index contributed by atoms with van der Waals surface area (Å²) >= 11 is 4.08. The van der Waals surface area contributed by atoms with Gasteiger partial charge >= 0.3 is 5.97 Å². The quantitative estimate of drug-likeness (QED) is 0.135. The molecule has 0 spiro atoms. The van der Waals surface area contributed by atoms with Crippen molar-refractivity contribution >= 4 is 42.2 Å². The number of phenols is 1. The van der Waals surface area contributed by atoms with Crippen LogP contribution in [0.1, 0.15) is 17.5 Å². The number of hydrogen-bond donors (Lipinski definition) is 8. The number of carbonyl (C=O) groups excluding carboxylic acids is 4. The Bertz CT molecular complexity index is 1130. The predicted molar refractivity (Wildman–Crippen MR) is 141 cm³/mol. The minimum atomic E-state index is -1.51. The average Bonchev–Trinajstić information content (AvgIpc) is 2.87. The van der Waals surface area contributed by atoms with E-state index in [2.05, 4.69) is 28.6 Å². The summed E-state index contributed by atoms with van der Waals surface area (Å²) < 4.78 is 0. The summed E-state index contributed by atoms with van der Waals surface area (Å²) in [4.78, 5) is 61.5. The molecule has 0 aliphatic heterocycles. The number of rotatable bonds is 14. The zero-order chi connectivity index (χ0) is 28.2. The van der Waals surface area contributed by atoms with Gasteiger partial charge in [-0.3, -0.25) is 19.2 Å². The molecule has 0 aromatic heterocycles. The van der Waals surface area contributed by atoms with Gasteiger partial charge in [0.15, 0.2) is 0 Å². The number of aromatic hydroxyl groups is 1. The van der Waals surface area contributed by atoms with E-state index in [1.807, 2.05) is 6.07 Å². The summed E-state index contributed by atoms with van der Waals surface area (Å²) in [5.41, 5.74) is 12.5. The van der Waals surface area contributed by atoms with E-state index in [-0.39, 0.29) is 24.3 Å². The molecule has 0 bridgehead atoms. The molecule has 204 valence electrons. The van der Waals surface area contributed by atoms with E-state index in [0.29, 0.717) is 5.56 Å². The Hall–Kier alpha value is -4.10. The van der Waals surface area contributed by atoms with Gasteiger partial charge in [-0.15, -0.1) is 0 Å². The zero-order valence-electron chi connectivity index (χ0n) is 20.4. The van der Waals surface area contributed by atoms with Crippen LogP contribution in [0.4, 0.5) is 0 Å². The third kappa shape index (κ3) is 9.75. The molecule has 9 N–H and O–H groups in total. The normalized spacial score (nSPS) is 13.8. The summed E-state index contributed by atoms with van der Waals surface area (Å²) in [6.07, 6.45) is -0.533. The third-order valence-electron chi connectivity index (χ3n) is 5.48. The van der Waals surface area contributed by atoms with E-state index in [1.165, 1.54) is 24.3 Å². The topological polar surface area (TPSA) is 214 Å². The van der Waals surface area contributed by atoms with Gasteiger partial charge < -0.3 is 37.6 Å². The fraction of sp³-hybridized carbons (Fsp3) is 0.320. The standard InChI is InChI=1S/C25H31N5O7S/c26-17(10-14-4-2-1-3-5-14)22(33)30-20(13-38)24(35)28-18(12-21(27)32)23(34)29-19(25(36)37)11-15-6-8-16(31)9-7-15/h1-9,17-20,31,38H,10-13,26H2,(H2,27,32)(H,28,35)(H,29,34)(H,30,33)(H,36,37). The molecule has 0 heterocycles. The van der Waals surface area contributed by atoms with Crippen LogP contribution < -0.4 is 27.4 Å². The molecule has 2 rings (SSSR count). The van der Waals surface area contributed by atoms with Gasteiger partial charge in [0.05, 0.1) is 12.5 Å². The van der Waals surface area contributed by atoms with Gasteiger partial charge in [-0.25, -0.2) is 4.79 Å². The van der Waals surface area contributed by atoms with Crippen LogP contribution in [0.5, 0.6) is 5.75 Å². The lowest BCUT2D eigenvalue weighted by molar-refractivity contribution is -0.142. The highest BCUT2D eigenvalue weighted by molar-refractivity contribution is 7.80. The molecule has 13 heteroatoms. The van der Waals surface area contributed by atoms with E-state index < -0.39 is 60.2 Å². The Morgan fingerprint density at radius 1 is 0.763 bits per heavy atom. The van der Waals surface area contributed by atoms with Crippen LogP contribution >= 0.6 is 12.6 Å². The average molecular weight is 546 g/mol. The molecule has 4 atom stereocenters. The molecule has 0 aliphatic rings. The molecule has 4 unspecified atom stereocenters. The molecule has 0 fully saturated rings. The predicted octanol–water partition coefficient (Wildman–Crippen LogP) is -1.15. The molecule has 4 amide bonds. The van der Waals surface area contributed by atoms with E-state index in [4.69, 9.17) is 11.5 Å². The number of carboxylic acid groups (broad SMARTS) is 1.